The van der Waals surface area contributed by atoms with Gasteiger partial charge in [-0.05, 0) is 53.3 Å². The Labute approximate surface area is 251 Å². The molecule has 0 saturated carbocycles. The van der Waals surface area contributed by atoms with Crippen LogP contribution in [0, 0.1) is 5.82 Å². The van der Waals surface area contributed by atoms with Gasteiger partial charge in [0.1, 0.15) is 11.9 Å². The van der Waals surface area contributed by atoms with Crippen molar-refractivity contribution >= 4 is 34.5 Å². The van der Waals surface area contributed by atoms with Gasteiger partial charge in [-0.1, -0.05) is 54.6 Å². The van der Waals surface area contributed by atoms with E-state index in [9.17, 15) is 18.8 Å². The van der Waals surface area contributed by atoms with Crippen molar-refractivity contribution in [1.82, 2.24) is 20.9 Å². The van der Waals surface area contributed by atoms with E-state index in [1.165, 1.54) is 12.1 Å². The van der Waals surface area contributed by atoms with Crippen molar-refractivity contribution in [1.29, 1.82) is 0 Å². The van der Waals surface area contributed by atoms with Crippen LogP contribution in [0.2, 0.25) is 0 Å². The highest BCUT2D eigenvalue weighted by atomic mass is 19.1. The molecule has 10 nitrogen and oxygen atoms in total. The maximum atomic E-state index is 14.0. The number of carbonyl (C=O) groups is 3. The Morgan fingerprint density at radius 3 is 2.51 bits per heavy atom. The van der Waals surface area contributed by atoms with E-state index >= 15 is 0 Å². The summed E-state index contributed by atoms with van der Waals surface area (Å²) >= 11 is 0. The average molecular weight is 590 g/mol. The third-order valence-electron chi connectivity index (χ3n) is 7.67. The van der Waals surface area contributed by atoms with Gasteiger partial charge in [-0.2, -0.15) is 0 Å². The van der Waals surface area contributed by atoms with E-state index in [4.69, 9.17) is 11.5 Å². The van der Waals surface area contributed by atoms with Crippen LogP contribution in [0.1, 0.15) is 30.4 Å². The van der Waals surface area contributed by atoms with Gasteiger partial charge in [-0.3, -0.25) is 19.4 Å². The molecule has 0 spiro atoms. The monoisotopic (exact) mass is 589 g/mol. The summed E-state index contributed by atoms with van der Waals surface area (Å²) in [5.74, 6) is -1.00. The zero-order valence-corrected chi connectivity index (χ0v) is 24.4. The van der Waals surface area contributed by atoms with Gasteiger partial charge < -0.3 is 32.3 Å². The molecule has 3 aromatic rings. The van der Waals surface area contributed by atoms with Crippen molar-refractivity contribution in [3.8, 4) is 0 Å². The van der Waals surface area contributed by atoms with Gasteiger partial charge in [-0.25, -0.2) is 4.39 Å². The molecule has 0 radical (unpaired) electrons. The SMILES string of the molecule is CNC(=O)C(Cc1ccc2ccccc2c1)N1CCC(CNC(=O)Cc2ccc(F)cc2)NC(CCCN=C(N)N)C1=O. The van der Waals surface area contributed by atoms with Crippen molar-refractivity contribution in [3.63, 3.8) is 0 Å². The quantitative estimate of drug-likeness (QED) is 0.123. The lowest BCUT2D eigenvalue weighted by molar-refractivity contribution is -0.141. The topological polar surface area (TPSA) is 155 Å². The number of likely N-dealkylation sites (N-methyl/N-ethyl adjacent to an activating group) is 1. The second-order valence-electron chi connectivity index (χ2n) is 10.8. The third kappa shape index (κ3) is 8.99. The minimum absolute atomic E-state index is 0.0152. The first kappa shape index (κ1) is 31.4. The number of guanidine groups is 1. The highest BCUT2D eigenvalue weighted by molar-refractivity contribution is 5.90. The lowest BCUT2D eigenvalue weighted by atomic mass is 9.99. The molecule has 1 saturated heterocycles. The van der Waals surface area contributed by atoms with Crippen LogP contribution in [0.4, 0.5) is 4.39 Å². The van der Waals surface area contributed by atoms with Gasteiger partial charge in [0, 0.05) is 39.1 Å². The number of nitrogens with one attached hydrogen (secondary N) is 3. The summed E-state index contributed by atoms with van der Waals surface area (Å²) in [4.78, 5) is 45.5. The van der Waals surface area contributed by atoms with Gasteiger partial charge in [0.05, 0.1) is 12.5 Å². The summed E-state index contributed by atoms with van der Waals surface area (Å²) in [6, 6.07) is 18.3. The fourth-order valence-electron chi connectivity index (χ4n) is 5.41. The van der Waals surface area contributed by atoms with Gasteiger partial charge in [-0.15, -0.1) is 0 Å². The van der Waals surface area contributed by atoms with Gasteiger partial charge >= 0.3 is 0 Å². The first-order chi connectivity index (χ1) is 20.7. The molecule has 3 amide bonds. The van der Waals surface area contributed by atoms with E-state index in [1.807, 2.05) is 36.4 Å². The summed E-state index contributed by atoms with van der Waals surface area (Å²) in [5, 5.41) is 11.3. The molecule has 11 heteroatoms. The van der Waals surface area contributed by atoms with Gasteiger partial charge in [0.2, 0.25) is 17.7 Å². The van der Waals surface area contributed by atoms with Crippen LogP contribution in [0.25, 0.3) is 10.8 Å². The summed E-state index contributed by atoms with van der Waals surface area (Å²) in [6.07, 6.45) is 2.00. The Kier molecular flexibility index (Phi) is 11.0. The molecule has 3 unspecified atom stereocenters. The van der Waals surface area contributed by atoms with E-state index in [0.29, 0.717) is 50.9 Å². The van der Waals surface area contributed by atoms with Crippen molar-refractivity contribution in [3.05, 3.63) is 83.7 Å². The minimum atomic E-state index is -0.715. The zero-order chi connectivity index (χ0) is 30.8. The number of halogens is 1. The molecule has 1 aliphatic heterocycles. The van der Waals surface area contributed by atoms with E-state index in [0.717, 1.165) is 16.3 Å². The van der Waals surface area contributed by atoms with Crippen LogP contribution < -0.4 is 27.4 Å². The molecule has 228 valence electrons. The summed E-state index contributed by atoms with van der Waals surface area (Å²) < 4.78 is 13.2. The lowest BCUT2D eigenvalue weighted by Gasteiger charge is -2.31. The number of amides is 3. The van der Waals surface area contributed by atoms with Crippen molar-refractivity contribution in [2.45, 2.75) is 50.2 Å². The number of fused-ring (bicyclic) bond motifs is 1. The first-order valence-corrected chi connectivity index (χ1v) is 14.6. The van der Waals surface area contributed by atoms with Gasteiger partial charge in [0.25, 0.3) is 0 Å². The Morgan fingerprint density at radius 1 is 1.07 bits per heavy atom. The van der Waals surface area contributed by atoms with E-state index in [1.54, 1.807) is 24.1 Å². The van der Waals surface area contributed by atoms with Crippen molar-refractivity contribution in [2.75, 3.05) is 26.7 Å². The Morgan fingerprint density at radius 2 is 1.79 bits per heavy atom. The number of aliphatic imine (C=N–C) groups is 1. The van der Waals surface area contributed by atoms with Crippen LogP contribution in [-0.4, -0.2) is 73.4 Å². The van der Waals surface area contributed by atoms with Gasteiger partial charge in [0.15, 0.2) is 5.96 Å². The smallest absolute Gasteiger partial charge is 0.242 e. The molecule has 1 fully saturated rings. The predicted molar refractivity (Wildman–Crippen MR) is 166 cm³/mol. The molecule has 43 heavy (non-hydrogen) atoms. The van der Waals surface area contributed by atoms with E-state index in [-0.39, 0.29) is 42.0 Å². The maximum absolute atomic E-state index is 14.0. The van der Waals surface area contributed by atoms with Crippen molar-refractivity contribution in [2.24, 2.45) is 16.5 Å². The third-order valence-corrected chi connectivity index (χ3v) is 7.67. The first-order valence-electron chi connectivity index (χ1n) is 14.6. The molecule has 1 aliphatic rings. The van der Waals surface area contributed by atoms with Crippen molar-refractivity contribution < 1.29 is 18.8 Å². The Balaban J connectivity index is 1.50. The summed E-state index contributed by atoms with van der Waals surface area (Å²) in [7, 11) is 1.57. The van der Waals surface area contributed by atoms with E-state index in [2.05, 4.69) is 27.0 Å². The zero-order valence-electron chi connectivity index (χ0n) is 24.4. The van der Waals surface area contributed by atoms with Crippen LogP contribution >= 0.6 is 0 Å². The summed E-state index contributed by atoms with van der Waals surface area (Å²) in [5.41, 5.74) is 12.6. The number of benzene rings is 3. The van der Waals surface area contributed by atoms with Crippen LogP contribution in [-0.2, 0) is 27.2 Å². The number of nitrogens with two attached hydrogens (primary N) is 2. The molecule has 7 N–H and O–H groups in total. The van der Waals surface area contributed by atoms with Crippen LogP contribution in [0.5, 0.6) is 0 Å². The second kappa shape index (κ2) is 15.1. The largest absolute Gasteiger partial charge is 0.370 e. The molecule has 3 atom stereocenters. The standard InChI is InChI=1S/C32H40FN7O3/c1-36-30(42)28(18-22-8-11-23-5-2-3-6-24(23)17-22)40-16-14-26(39-27(31(40)43)7-4-15-37-32(34)35)20-38-29(41)19-21-9-12-25(33)13-10-21/h2-3,5-6,8-13,17,26-28,39H,4,7,14-16,18-20H2,1H3,(H,36,42)(H,38,41)(H4,34,35,37). The fourth-order valence-corrected chi connectivity index (χ4v) is 5.41. The predicted octanol–water partition coefficient (Wildman–Crippen LogP) is 1.61. The highest BCUT2D eigenvalue weighted by Crippen LogP contribution is 2.21. The molecule has 0 bridgehead atoms. The maximum Gasteiger partial charge on any atom is 0.242 e. The van der Waals surface area contributed by atoms with Crippen LogP contribution in [0.15, 0.2) is 71.7 Å². The second-order valence-corrected chi connectivity index (χ2v) is 10.8. The average Bonchev–Trinajstić information content (AvgIpc) is 3.15. The number of carbonyl (C=O) groups excluding carboxylic acids is 3. The number of nitrogens with zero attached hydrogens (tertiary/aromatic N) is 2. The number of hydrogen-bond donors (Lipinski definition) is 5. The minimum Gasteiger partial charge on any atom is -0.370 e. The van der Waals surface area contributed by atoms with Crippen LogP contribution in [0.3, 0.4) is 0 Å². The lowest BCUT2D eigenvalue weighted by Crippen LogP contribution is -2.54. The van der Waals surface area contributed by atoms with E-state index < -0.39 is 12.1 Å². The Bertz CT molecular complexity index is 1440. The fraction of sp³-hybridized carbons (Fsp3) is 0.375. The number of hydrogen-bond acceptors (Lipinski definition) is 5. The highest BCUT2D eigenvalue weighted by Gasteiger charge is 2.37. The Hall–Kier alpha value is -4.51. The number of rotatable bonds is 12. The molecule has 4 rings (SSSR count). The normalized spacial score (nSPS) is 17.6. The molecular weight excluding hydrogens is 549 g/mol. The molecule has 1 heterocycles. The molecule has 3 aromatic carbocycles. The summed E-state index contributed by atoms with van der Waals surface area (Å²) in [6.45, 7) is 0.990. The molecule has 0 aromatic heterocycles. The molecule has 0 aliphatic carbocycles. The molecular formula is C32H40FN7O3.